The van der Waals surface area contributed by atoms with Crippen LogP contribution in [0.25, 0.3) is 0 Å². The largest absolute Gasteiger partial charge is 0.508 e. The second kappa shape index (κ2) is 7.99. The molecular weight excluding hydrogens is 244 g/mol. The van der Waals surface area contributed by atoms with Gasteiger partial charge in [0, 0.05) is 24.3 Å². The number of aliphatic hydroxyl groups excluding tert-OH is 2. The third-order valence-corrected chi connectivity index (χ3v) is 3.12. The second-order valence-corrected chi connectivity index (χ2v) is 4.52. The average Bonchev–Trinajstić information content (AvgIpc) is 2.44. The van der Waals surface area contributed by atoms with E-state index in [9.17, 15) is 10.2 Å². The van der Waals surface area contributed by atoms with Gasteiger partial charge in [0.1, 0.15) is 5.75 Å². The van der Waals surface area contributed by atoms with Gasteiger partial charge in [-0.1, -0.05) is 13.8 Å². The Balaban J connectivity index is 2.70. The summed E-state index contributed by atoms with van der Waals surface area (Å²) < 4.78 is 0. The lowest BCUT2D eigenvalue weighted by Crippen LogP contribution is -2.23. The van der Waals surface area contributed by atoms with Gasteiger partial charge in [-0.25, -0.2) is 0 Å². The van der Waals surface area contributed by atoms with Crippen LogP contribution in [0.2, 0.25) is 0 Å². The van der Waals surface area contributed by atoms with E-state index in [1.165, 1.54) is 0 Å². The Hall–Kier alpha value is -1.30. The lowest BCUT2D eigenvalue weighted by molar-refractivity contribution is 0.105. The van der Waals surface area contributed by atoms with Crippen LogP contribution in [0, 0.1) is 0 Å². The minimum atomic E-state index is -0.778. The van der Waals surface area contributed by atoms with Crippen molar-refractivity contribution in [1.29, 1.82) is 0 Å². The zero-order valence-electron chi connectivity index (χ0n) is 11.6. The quantitative estimate of drug-likeness (QED) is 0.529. The summed E-state index contributed by atoms with van der Waals surface area (Å²) in [7, 11) is 0. The lowest BCUT2D eigenvalue weighted by atomic mass is 10.1. The molecule has 0 amide bonds. The van der Waals surface area contributed by atoms with Gasteiger partial charge in [0.2, 0.25) is 0 Å². The van der Waals surface area contributed by atoms with Gasteiger partial charge in [0.25, 0.3) is 0 Å². The summed E-state index contributed by atoms with van der Waals surface area (Å²) in [5, 5.41) is 30.9. The number of anilines is 1. The molecule has 0 heterocycles. The Bertz CT molecular complexity index is 381. The average molecular weight is 268 g/mol. The summed E-state index contributed by atoms with van der Waals surface area (Å²) in [5.41, 5.74) is 1.68. The molecule has 0 aliphatic rings. The third kappa shape index (κ3) is 5.06. The van der Waals surface area contributed by atoms with Crippen LogP contribution >= 0.6 is 0 Å². The number of aromatic hydroxyl groups is 1. The number of phenolic OH excluding ortho intramolecular Hbond substituents is 1. The van der Waals surface area contributed by atoms with Gasteiger partial charge in [-0.2, -0.15) is 0 Å². The molecule has 0 spiro atoms. The molecule has 0 bridgehead atoms. The molecule has 1 aromatic rings. The molecular formula is C14H24N2O3. The number of phenols is 1. The molecule has 19 heavy (non-hydrogen) atoms. The van der Waals surface area contributed by atoms with Crippen molar-refractivity contribution in [1.82, 2.24) is 4.90 Å². The summed E-state index contributed by atoms with van der Waals surface area (Å²) >= 11 is 0. The first-order valence-electron chi connectivity index (χ1n) is 6.67. The van der Waals surface area contributed by atoms with E-state index in [1.54, 1.807) is 12.1 Å². The Morgan fingerprint density at radius 3 is 2.53 bits per heavy atom. The summed E-state index contributed by atoms with van der Waals surface area (Å²) in [6, 6.07) is 5.27. The molecule has 0 saturated heterocycles. The Morgan fingerprint density at radius 2 is 1.95 bits per heavy atom. The predicted octanol–water partition coefficient (Wildman–Crippen LogP) is 0.999. The minimum absolute atomic E-state index is 0.266. The smallest absolute Gasteiger partial charge is 0.120 e. The fraction of sp³-hybridized carbons (Fsp3) is 0.571. The van der Waals surface area contributed by atoms with Crippen LogP contribution in [0.5, 0.6) is 5.75 Å². The number of hydrogen-bond acceptors (Lipinski definition) is 5. The van der Waals surface area contributed by atoms with Gasteiger partial charge in [-0.15, -0.1) is 0 Å². The fourth-order valence-corrected chi connectivity index (χ4v) is 1.81. The molecule has 0 saturated carbocycles. The molecule has 0 aliphatic carbocycles. The van der Waals surface area contributed by atoms with E-state index in [1.807, 2.05) is 6.07 Å². The van der Waals surface area contributed by atoms with Crippen molar-refractivity contribution in [2.45, 2.75) is 26.5 Å². The zero-order valence-corrected chi connectivity index (χ0v) is 11.6. The van der Waals surface area contributed by atoms with Crippen LogP contribution < -0.4 is 5.32 Å². The summed E-state index contributed by atoms with van der Waals surface area (Å²) in [5.74, 6) is 0.278. The lowest BCUT2D eigenvalue weighted by Gasteiger charge is -2.19. The summed E-state index contributed by atoms with van der Waals surface area (Å²) in [4.78, 5) is 2.21. The highest BCUT2D eigenvalue weighted by molar-refractivity contribution is 5.50. The van der Waals surface area contributed by atoms with Crippen molar-refractivity contribution in [3.05, 3.63) is 23.8 Å². The maximum atomic E-state index is 9.85. The summed E-state index contributed by atoms with van der Waals surface area (Å²) in [6.07, 6.45) is -0.778. The van der Waals surface area contributed by atoms with Crippen LogP contribution in [-0.2, 0) is 6.54 Å². The van der Waals surface area contributed by atoms with Crippen molar-refractivity contribution in [3.8, 4) is 5.75 Å². The number of nitrogens with zero attached hydrogens (tertiary/aromatic N) is 1. The normalized spacial score (nSPS) is 12.7. The molecule has 0 fully saturated rings. The van der Waals surface area contributed by atoms with Crippen molar-refractivity contribution < 1.29 is 15.3 Å². The van der Waals surface area contributed by atoms with Crippen LogP contribution in [0.1, 0.15) is 19.4 Å². The van der Waals surface area contributed by atoms with Gasteiger partial charge < -0.3 is 20.6 Å². The molecule has 108 valence electrons. The molecule has 5 heteroatoms. The van der Waals surface area contributed by atoms with E-state index in [0.717, 1.165) is 24.3 Å². The van der Waals surface area contributed by atoms with E-state index in [0.29, 0.717) is 6.54 Å². The van der Waals surface area contributed by atoms with Gasteiger partial charge in [0.15, 0.2) is 0 Å². The van der Waals surface area contributed by atoms with Gasteiger partial charge >= 0.3 is 0 Å². The minimum Gasteiger partial charge on any atom is -0.508 e. The molecule has 1 unspecified atom stereocenters. The first-order valence-corrected chi connectivity index (χ1v) is 6.67. The van der Waals surface area contributed by atoms with Crippen molar-refractivity contribution in [3.63, 3.8) is 0 Å². The number of rotatable bonds is 8. The number of benzene rings is 1. The van der Waals surface area contributed by atoms with Gasteiger partial charge in [0.05, 0.1) is 12.7 Å². The summed E-state index contributed by atoms with van der Waals surface area (Å²) in [6.45, 7) is 6.73. The van der Waals surface area contributed by atoms with Crippen LogP contribution in [0.4, 0.5) is 5.69 Å². The first kappa shape index (κ1) is 15.8. The monoisotopic (exact) mass is 268 g/mol. The van der Waals surface area contributed by atoms with Gasteiger partial charge in [-0.05, 0) is 31.3 Å². The standard InChI is InChI=1S/C14H24N2O3/c1-3-16(4-2)9-11-7-12(5-6-14(11)19)15-8-13(18)10-17/h5-7,13,15,17-19H,3-4,8-10H2,1-2H3. The topological polar surface area (TPSA) is 76.0 Å². The third-order valence-electron chi connectivity index (χ3n) is 3.12. The maximum Gasteiger partial charge on any atom is 0.120 e. The predicted molar refractivity (Wildman–Crippen MR) is 76.3 cm³/mol. The van der Waals surface area contributed by atoms with E-state index in [4.69, 9.17) is 5.11 Å². The van der Waals surface area contributed by atoms with Crippen LogP contribution in [-0.4, -0.2) is 52.6 Å². The highest BCUT2D eigenvalue weighted by Gasteiger charge is 2.08. The van der Waals surface area contributed by atoms with E-state index in [2.05, 4.69) is 24.1 Å². The molecule has 1 atom stereocenters. The number of aliphatic hydroxyl groups is 2. The highest BCUT2D eigenvalue weighted by atomic mass is 16.3. The molecule has 1 rings (SSSR count). The SMILES string of the molecule is CCN(CC)Cc1cc(NCC(O)CO)ccc1O. The molecule has 0 aromatic heterocycles. The molecule has 5 nitrogen and oxygen atoms in total. The maximum absolute atomic E-state index is 9.85. The van der Waals surface area contributed by atoms with Crippen molar-refractivity contribution in [2.24, 2.45) is 0 Å². The first-order chi connectivity index (χ1) is 9.10. The Morgan fingerprint density at radius 1 is 1.26 bits per heavy atom. The number of nitrogens with one attached hydrogen (secondary N) is 1. The zero-order chi connectivity index (χ0) is 14.3. The molecule has 1 aromatic carbocycles. The fourth-order valence-electron chi connectivity index (χ4n) is 1.81. The van der Waals surface area contributed by atoms with Gasteiger partial charge in [-0.3, -0.25) is 4.90 Å². The highest BCUT2D eigenvalue weighted by Crippen LogP contribution is 2.23. The molecule has 4 N–H and O–H groups in total. The second-order valence-electron chi connectivity index (χ2n) is 4.52. The van der Waals surface area contributed by atoms with Crippen molar-refractivity contribution >= 4 is 5.69 Å². The molecule has 0 aliphatic heterocycles. The molecule has 0 radical (unpaired) electrons. The van der Waals surface area contributed by atoms with E-state index < -0.39 is 6.10 Å². The Kier molecular flexibility index (Phi) is 6.62. The van der Waals surface area contributed by atoms with Crippen LogP contribution in [0.3, 0.4) is 0 Å². The van der Waals surface area contributed by atoms with Crippen LogP contribution in [0.15, 0.2) is 18.2 Å². The number of hydrogen-bond donors (Lipinski definition) is 4. The van der Waals surface area contributed by atoms with E-state index >= 15 is 0 Å². The Labute approximate surface area is 114 Å². The van der Waals surface area contributed by atoms with E-state index in [-0.39, 0.29) is 18.9 Å². The van der Waals surface area contributed by atoms with Crippen molar-refractivity contribution in [2.75, 3.05) is 31.6 Å².